The van der Waals surface area contributed by atoms with E-state index in [4.69, 9.17) is 35.4 Å². The molecule has 0 aliphatic carbocycles. The molecule has 1 amide bonds. The highest BCUT2D eigenvalue weighted by Gasteiger charge is 2.24. The topological polar surface area (TPSA) is 32.3 Å². The lowest BCUT2D eigenvalue weighted by molar-refractivity contribution is 0.0861. The van der Waals surface area contributed by atoms with Crippen LogP contribution in [0.4, 0.5) is 0 Å². The Morgan fingerprint density at radius 1 is 1.38 bits per heavy atom. The summed E-state index contributed by atoms with van der Waals surface area (Å²) >= 11 is 16.6. The van der Waals surface area contributed by atoms with E-state index in [1.807, 2.05) is 0 Å². The first-order valence-corrected chi connectivity index (χ1v) is 5.81. The van der Waals surface area contributed by atoms with E-state index in [0.717, 1.165) is 0 Å². The van der Waals surface area contributed by atoms with Crippen molar-refractivity contribution in [3.8, 4) is 0 Å². The smallest absolute Gasteiger partial charge is 0.260 e. The first kappa shape index (κ1) is 11.6. The molecule has 84 valence electrons. The van der Waals surface area contributed by atoms with Crippen LogP contribution in [0.3, 0.4) is 0 Å². The van der Waals surface area contributed by atoms with Gasteiger partial charge in [0, 0.05) is 18.7 Å². The number of hydrogen-bond donors (Lipinski definition) is 1. The Morgan fingerprint density at radius 3 is 2.69 bits per heavy atom. The molecule has 1 aromatic carbocycles. The van der Waals surface area contributed by atoms with Gasteiger partial charge in [-0.2, -0.15) is 0 Å². The average Bonchev–Trinajstić information content (AvgIpc) is 2.67. The number of halogens is 2. The molecule has 1 aliphatic rings. The lowest BCUT2D eigenvalue weighted by Crippen LogP contribution is -2.33. The predicted octanol–water partition coefficient (Wildman–Crippen LogP) is 2.32. The van der Waals surface area contributed by atoms with Crippen molar-refractivity contribution in [1.29, 1.82) is 0 Å². The van der Waals surface area contributed by atoms with Crippen LogP contribution in [0.2, 0.25) is 10.0 Å². The van der Waals surface area contributed by atoms with Crippen LogP contribution < -0.4 is 5.32 Å². The highest BCUT2D eigenvalue weighted by atomic mass is 35.5. The number of rotatable bonds is 1. The van der Waals surface area contributed by atoms with Gasteiger partial charge < -0.3 is 5.32 Å². The SMILES string of the molecule is O=C(c1ccc(Cl)c(Cl)c1)N1CCNC1=S. The first-order chi connectivity index (χ1) is 7.59. The van der Waals surface area contributed by atoms with E-state index in [9.17, 15) is 4.79 Å². The Bertz CT molecular complexity index is 464. The molecular formula is C10H8Cl2N2OS. The van der Waals surface area contributed by atoms with Gasteiger partial charge in [0.25, 0.3) is 5.91 Å². The maximum atomic E-state index is 12.0. The number of thiocarbonyl (C=S) groups is 1. The molecule has 3 nitrogen and oxygen atoms in total. The minimum absolute atomic E-state index is 0.159. The number of carbonyl (C=O) groups is 1. The van der Waals surface area contributed by atoms with Crippen LogP contribution in [0.15, 0.2) is 18.2 Å². The summed E-state index contributed by atoms with van der Waals surface area (Å²) < 4.78 is 0. The van der Waals surface area contributed by atoms with E-state index in [1.165, 1.54) is 4.90 Å². The quantitative estimate of drug-likeness (QED) is 0.798. The van der Waals surface area contributed by atoms with E-state index >= 15 is 0 Å². The van der Waals surface area contributed by atoms with E-state index < -0.39 is 0 Å². The Hall–Kier alpha value is -0.840. The number of hydrogen-bond acceptors (Lipinski definition) is 2. The fraction of sp³-hybridized carbons (Fsp3) is 0.200. The van der Waals surface area contributed by atoms with Crippen molar-refractivity contribution >= 4 is 46.4 Å². The number of amides is 1. The third-order valence-corrected chi connectivity index (χ3v) is 3.37. The van der Waals surface area contributed by atoms with E-state index in [2.05, 4.69) is 5.32 Å². The van der Waals surface area contributed by atoms with Gasteiger partial charge in [0.2, 0.25) is 0 Å². The third kappa shape index (κ3) is 2.14. The Balaban J connectivity index is 2.27. The van der Waals surface area contributed by atoms with Crippen molar-refractivity contribution in [2.45, 2.75) is 0 Å². The summed E-state index contributed by atoms with van der Waals surface area (Å²) in [5.41, 5.74) is 0.487. The zero-order chi connectivity index (χ0) is 11.7. The van der Waals surface area contributed by atoms with Gasteiger partial charge in [-0.3, -0.25) is 9.69 Å². The van der Waals surface area contributed by atoms with Crippen molar-refractivity contribution < 1.29 is 4.79 Å². The molecule has 6 heteroatoms. The molecule has 16 heavy (non-hydrogen) atoms. The molecule has 0 aromatic heterocycles. The molecule has 0 radical (unpaired) electrons. The second-order valence-electron chi connectivity index (χ2n) is 3.32. The maximum absolute atomic E-state index is 12.0. The first-order valence-electron chi connectivity index (χ1n) is 4.64. The van der Waals surface area contributed by atoms with Crippen LogP contribution in [-0.2, 0) is 0 Å². The summed E-state index contributed by atoms with van der Waals surface area (Å²) in [5, 5.41) is 4.18. The molecule has 1 heterocycles. The predicted molar refractivity (Wildman–Crippen MR) is 68.1 cm³/mol. The van der Waals surface area contributed by atoms with Gasteiger partial charge >= 0.3 is 0 Å². The molecule has 1 N–H and O–H groups in total. The molecule has 1 aliphatic heterocycles. The van der Waals surface area contributed by atoms with Gasteiger partial charge in [-0.25, -0.2) is 0 Å². The van der Waals surface area contributed by atoms with Gasteiger partial charge in [0.1, 0.15) is 0 Å². The zero-order valence-corrected chi connectivity index (χ0v) is 10.5. The summed E-state index contributed by atoms with van der Waals surface area (Å²) in [6.07, 6.45) is 0. The number of nitrogens with one attached hydrogen (secondary N) is 1. The van der Waals surface area contributed by atoms with Crippen molar-refractivity contribution in [2.24, 2.45) is 0 Å². The minimum Gasteiger partial charge on any atom is -0.360 e. The number of carbonyl (C=O) groups excluding carboxylic acids is 1. The van der Waals surface area contributed by atoms with Crippen LogP contribution in [0.25, 0.3) is 0 Å². The van der Waals surface area contributed by atoms with Crippen LogP contribution in [-0.4, -0.2) is 29.0 Å². The summed E-state index contributed by atoms with van der Waals surface area (Å²) in [5.74, 6) is -0.159. The highest BCUT2D eigenvalue weighted by Crippen LogP contribution is 2.23. The largest absolute Gasteiger partial charge is 0.360 e. The molecule has 1 saturated heterocycles. The second kappa shape index (κ2) is 4.57. The molecule has 0 atom stereocenters. The fourth-order valence-corrected chi connectivity index (χ4v) is 2.02. The molecule has 0 unspecified atom stereocenters. The molecule has 0 saturated carbocycles. The van der Waals surface area contributed by atoms with Crippen LogP contribution in [0, 0.1) is 0 Å². The van der Waals surface area contributed by atoms with Gasteiger partial charge in [0.05, 0.1) is 10.0 Å². The van der Waals surface area contributed by atoms with E-state index in [1.54, 1.807) is 18.2 Å². The Kier molecular flexibility index (Phi) is 3.33. The molecular weight excluding hydrogens is 267 g/mol. The third-order valence-electron chi connectivity index (χ3n) is 2.27. The van der Waals surface area contributed by atoms with Crippen LogP contribution >= 0.6 is 35.4 Å². The second-order valence-corrected chi connectivity index (χ2v) is 4.52. The Labute approximate surface area is 108 Å². The summed E-state index contributed by atoms with van der Waals surface area (Å²) in [4.78, 5) is 13.5. The van der Waals surface area contributed by atoms with E-state index in [0.29, 0.717) is 33.8 Å². The lowest BCUT2D eigenvalue weighted by atomic mass is 10.2. The van der Waals surface area contributed by atoms with Gasteiger partial charge in [-0.05, 0) is 30.4 Å². The fourth-order valence-electron chi connectivity index (χ4n) is 1.45. The monoisotopic (exact) mass is 274 g/mol. The number of nitrogens with zero attached hydrogens (tertiary/aromatic N) is 1. The summed E-state index contributed by atoms with van der Waals surface area (Å²) in [7, 11) is 0. The van der Waals surface area contributed by atoms with Crippen molar-refractivity contribution in [1.82, 2.24) is 10.2 Å². The zero-order valence-electron chi connectivity index (χ0n) is 8.17. The minimum atomic E-state index is -0.159. The number of benzene rings is 1. The molecule has 1 fully saturated rings. The standard InChI is InChI=1S/C10H8Cl2N2OS/c11-7-2-1-6(5-8(7)12)9(15)14-4-3-13-10(14)16/h1-2,5H,3-4H2,(H,13,16). The van der Waals surface area contributed by atoms with Crippen LogP contribution in [0.1, 0.15) is 10.4 Å². The van der Waals surface area contributed by atoms with Gasteiger partial charge in [-0.15, -0.1) is 0 Å². The molecule has 2 rings (SSSR count). The summed E-state index contributed by atoms with van der Waals surface area (Å²) in [6, 6.07) is 4.79. The van der Waals surface area contributed by atoms with Gasteiger partial charge in [-0.1, -0.05) is 23.2 Å². The summed E-state index contributed by atoms with van der Waals surface area (Å²) in [6.45, 7) is 1.27. The normalized spacial score (nSPS) is 15.1. The van der Waals surface area contributed by atoms with Gasteiger partial charge in [0.15, 0.2) is 5.11 Å². The van der Waals surface area contributed by atoms with E-state index in [-0.39, 0.29) is 5.91 Å². The molecule has 0 spiro atoms. The maximum Gasteiger partial charge on any atom is 0.260 e. The highest BCUT2D eigenvalue weighted by molar-refractivity contribution is 7.80. The van der Waals surface area contributed by atoms with Crippen molar-refractivity contribution in [2.75, 3.05) is 13.1 Å². The average molecular weight is 275 g/mol. The molecule has 0 bridgehead atoms. The van der Waals surface area contributed by atoms with Crippen molar-refractivity contribution in [3.63, 3.8) is 0 Å². The molecule has 1 aromatic rings. The van der Waals surface area contributed by atoms with Crippen molar-refractivity contribution in [3.05, 3.63) is 33.8 Å². The van der Waals surface area contributed by atoms with Crippen LogP contribution in [0.5, 0.6) is 0 Å². The Morgan fingerprint density at radius 2 is 2.12 bits per heavy atom. The lowest BCUT2D eigenvalue weighted by Gasteiger charge is -2.14.